The number of carbonyl (C=O) groups excluding carboxylic acids is 8. The second-order valence-corrected chi connectivity index (χ2v) is 25.3. The molecule has 2 atom stereocenters. The fourth-order valence-corrected chi connectivity index (χ4v) is 10.6. The number of phosphoric acid groups is 1. The molecule has 1 rings (SSSR count). The number of hydrogen-bond donors (Lipinski definition) is 8. The molecule has 0 radical (unpaired) electrons. The number of likely N-dealkylation sites (tertiary alicyclic amines) is 1. The Morgan fingerprint density at radius 1 is 0.476 bits per heavy atom. The summed E-state index contributed by atoms with van der Waals surface area (Å²) in [6, 6.07) is -0.242. The van der Waals surface area contributed by atoms with Crippen molar-refractivity contribution in [3.63, 3.8) is 0 Å². The summed E-state index contributed by atoms with van der Waals surface area (Å²) in [5.74, 6) is -0.996. The normalized spacial score (nSPS) is 14.0. The summed E-state index contributed by atoms with van der Waals surface area (Å²) in [6.07, 6.45) is 17.7. The smallest absolute Gasteiger partial charge is 0.378 e. The number of ether oxygens (including phenoxy) is 3. The molecule has 1 heterocycles. The van der Waals surface area contributed by atoms with Crippen LogP contribution in [0.3, 0.4) is 0 Å². The van der Waals surface area contributed by atoms with E-state index < -0.39 is 13.4 Å². The number of carbonyl (C=O) groups is 8. The van der Waals surface area contributed by atoms with Crippen molar-refractivity contribution in [1.82, 2.24) is 42.1 Å². The molecule has 8 N–H and O–H groups in total. The van der Waals surface area contributed by atoms with Gasteiger partial charge in [0.15, 0.2) is 0 Å². The van der Waals surface area contributed by atoms with Gasteiger partial charge in [-0.1, -0.05) is 106 Å². The van der Waals surface area contributed by atoms with Crippen molar-refractivity contribution in [2.24, 2.45) is 0 Å². The van der Waals surface area contributed by atoms with Gasteiger partial charge in [0.2, 0.25) is 47.3 Å². The van der Waals surface area contributed by atoms with Crippen LogP contribution in [0.25, 0.3) is 0 Å². The molecule has 8 amide bonds. The molecule has 1 saturated heterocycles. The van der Waals surface area contributed by atoms with Crippen LogP contribution in [0, 0.1) is 0 Å². The van der Waals surface area contributed by atoms with Crippen molar-refractivity contribution in [3.05, 3.63) is 0 Å². The Morgan fingerprint density at radius 3 is 1.17 bits per heavy atom. The third-order valence-electron chi connectivity index (χ3n) is 13.2. The van der Waals surface area contributed by atoms with E-state index >= 15 is 0 Å². The predicted molar refractivity (Wildman–Crippen MR) is 341 cm³/mol. The van der Waals surface area contributed by atoms with Crippen molar-refractivity contribution in [3.8, 4) is 0 Å². The van der Waals surface area contributed by atoms with Gasteiger partial charge >= 0.3 is 7.82 Å². The fourth-order valence-electron chi connectivity index (χ4n) is 8.53. The Morgan fingerprint density at radius 2 is 0.805 bits per heavy atom. The first kappa shape index (κ1) is 78.0. The molecule has 0 aromatic rings. The molecule has 1 aliphatic rings. The molecule has 0 aromatic heterocycles. The summed E-state index contributed by atoms with van der Waals surface area (Å²) < 4.78 is 42.5. The first-order valence-electron chi connectivity index (χ1n) is 29.7. The molecule has 0 bridgehead atoms. The highest BCUT2D eigenvalue weighted by Gasteiger charge is 2.34. The Bertz CT molecular complexity index is 1710. The van der Waals surface area contributed by atoms with E-state index in [4.69, 9.17) is 18.7 Å². The highest BCUT2D eigenvalue weighted by Crippen LogP contribution is 2.42. The number of nitrogens with one attached hydrogen (secondary N) is 7. The van der Waals surface area contributed by atoms with E-state index in [1.807, 2.05) is 0 Å². The maximum atomic E-state index is 13.8. The van der Waals surface area contributed by atoms with Gasteiger partial charge in [0.1, 0.15) is 5.54 Å². The Balaban J connectivity index is 2.88. The van der Waals surface area contributed by atoms with Gasteiger partial charge in [-0.3, -0.25) is 47.4 Å². The lowest BCUT2D eigenvalue weighted by Crippen LogP contribution is -2.58. The molecule has 1 fully saturated rings. The largest absolute Gasteiger partial charge is 0.471 e. The summed E-state index contributed by atoms with van der Waals surface area (Å²) in [5, 5.41) is 20.3. The minimum atomic E-state index is -4.11. The number of unbranched alkanes of at least 4 members (excludes halogenated alkanes) is 10. The minimum absolute atomic E-state index is 0.00569. The average Bonchev–Trinajstić information content (AvgIpc) is 4.01. The first-order valence-corrected chi connectivity index (χ1v) is 35.8. The molecule has 23 nitrogen and oxygen atoms in total. The molecular weight excluding hydrogens is 1420 g/mol. The van der Waals surface area contributed by atoms with Crippen LogP contribution in [0.15, 0.2) is 0 Å². The predicted octanol–water partition coefficient (Wildman–Crippen LogP) is 6.40. The molecule has 27 heteroatoms. The van der Waals surface area contributed by atoms with E-state index in [1.165, 1.54) is 0 Å². The number of phosphoric ester groups is 1. The van der Waals surface area contributed by atoms with Gasteiger partial charge in [0, 0.05) is 104 Å². The highest BCUT2D eigenvalue weighted by atomic mass is 127. The highest BCUT2D eigenvalue weighted by molar-refractivity contribution is 14.1. The van der Waals surface area contributed by atoms with Crippen molar-refractivity contribution in [1.29, 1.82) is 0 Å². The lowest BCUT2D eigenvalue weighted by molar-refractivity contribution is -0.133. The number of nitrogens with zero attached hydrogens (tertiary/aromatic N) is 1. The van der Waals surface area contributed by atoms with Crippen LogP contribution < -0.4 is 37.2 Å². The third-order valence-corrected chi connectivity index (χ3v) is 16.4. The van der Waals surface area contributed by atoms with E-state index in [2.05, 4.69) is 110 Å². The summed E-state index contributed by atoms with van der Waals surface area (Å²) in [5.41, 5.74) is -1.27. The zero-order valence-corrected chi connectivity index (χ0v) is 56.2. The van der Waals surface area contributed by atoms with Gasteiger partial charge in [-0.2, -0.15) is 0 Å². The molecule has 476 valence electrons. The van der Waals surface area contributed by atoms with Crippen LogP contribution in [0.5, 0.6) is 0 Å². The molecule has 0 saturated carbocycles. The number of hydrogen-bond acceptors (Lipinski definition) is 14. The Hall–Kier alpha value is -2.06. The summed E-state index contributed by atoms with van der Waals surface area (Å²) in [6.45, 7) is 2.72. The van der Waals surface area contributed by atoms with Crippen LogP contribution in [0.4, 0.5) is 0 Å². The molecule has 2 unspecified atom stereocenters. The molecule has 82 heavy (non-hydrogen) atoms. The summed E-state index contributed by atoms with van der Waals surface area (Å²) >= 11 is 6.86. The average molecular weight is 1530 g/mol. The van der Waals surface area contributed by atoms with E-state index in [0.29, 0.717) is 104 Å². The molecule has 0 aliphatic carbocycles. The third kappa shape index (κ3) is 44.4. The lowest BCUT2D eigenvalue weighted by atomic mass is 10.0. The van der Waals surface area contributed by atoms with Crippen LogP contribution in [0.2, 0.25) is 0 Å². The Kier molecular flexibility index (Phi) is 49.5. The van der Waals surface area contributed by atoms with E-state index in [0.717, 1.165) is 110 Å². The summed E-state index contributed by atoms with van der Waals surface area (Å²) in [4.78, 5) is 113. The van der Waals surface area contributed by atoms with Gasteiger partial charge in [0.05, 0.1) is 52.3 Å². The molecule has 0 aromatic carbocycles. The van der Waals surface area contributed by atoms with Gasteiger partial charge in [-0.15, -0.1) is 0 Å². The first-order chi connectivity index (χ1) is 39.6. The molecule has 1 aliphatic heterocycles. The lowest BCUT2D eigenvalue weighted by Gasteiger charge is -2.34. The summed E-state index contributed by atoms with van der Waals surface area (Å²) in [7, 11) is -3.01. The maximum absolute atomic E-state index is 13.8. The van der Waals surface area contributed by atoms with E-state index in [9.17, 15) is 47.8 Å². The van der Waals surface area contributed by atoms with Crippen molar-refractivity contribution < 1.29 is 71.1 Å². The van der Waals surface area contributed by atoms with Gasteiger partial charge in [-0.05, 0) is 96.8 Å². The minimum Gasteiger partial charge on any atom is -0.378 e. The van der Waals surface area contributed by atoms with Crippen LogP contribution in [-0.4, -0.2) is 181 Å². The molecule has 0 spiro atoms. The van der Waals surface area contributed by atoms with Crippen LogP contribution in [0.1, 0.15) is 173 Å². The van der Waals surface area contributed by atoms with Gasteiger partial charge < -0.3 is 61.2 Å². The zero-order valence-electron chi connectivity index (χ0n) is 48.9. The number of alkyl halides is 3. The van der Waals surface area contributed by atoms with E-state index in [1.54, 1.807) is 4.90 Å². The standard InChI is InChI=1S/C55H100I3N8O15P/c1-77-82(75,76)81-42-46-20-16-38-66(46)54(74)25-9-7-5-3-2-4-6-8-24-53(73)65-55(43-78-39-26-50(70)62-35-17-32-59-47(67)21-10-13-29-56,44-79-40-27-51(71)63-36-18-33-60-48(68)22-11-14-30-57)45-80-41-28-52(72)64-37-19-34-61-49(69)23-12-15-31-58/h46H,2-45H2,1H3,(H,59,67)(H,60,68)(H,61,69)(H,62,70)(H,63,71)(H,64,72)(H,65,73)(H,75,76). The van der Waals surface area contributed by atoms with Crippen LogP contribution in [-0.2, 0) is 66.2 Å². The quantitative estimate of drug-likeness (QED) is 0.0141. The topological polar surface area (TPSA) is 307 Å². The van der Waals surface area contributed by atoms with Gasteiger partial charge in [-0.25, -0.2) is 4.57 Å². The van der Waals surface area contributed by atoms with E-state index in [-0.39, 0.29) is 125 Å². The number of halogens is 3. The second kappa shape index (κ2) is 52.1. The zero-order chi connectivity index (χ0) is 60.4. The van der Waals surface area contributed by atoms with Crippen molar-refractivity contribution >= 4 is 123 Å². The van der Waals surface area contributed by atoms with Crippen molar-refractivity contribution in [2.75, 3.05) is 112 Å². The molecular formula is C55H100I3N8O15P. The van der Waals surface area contributed by atoms with Crippen LogP contribution >= 0.6 is 75.6 Å². The maximum Gasteiger partial charge on any atom is 0.471 e. The fraction of sp³-hybridized carbons (Fsp3) is 0.855. The number of amides is 8. The second-order valence-electron chi connectivity index (χ2n) is 20.5. The number of rotatable bonds is 55. The SMILES string of the molecule is COP(=O)(O)OCC1CCCN1C(=O)CCCCCCCCCCC(=O)NC(COCCC(=O)NCCCNC(=O)CCCCI)(COCCC(=O)NCCCNC(=O)CCCCI)COCCC(=O)NCCCNC(=O)CCCCI. The van der Waals surface area contributed by atoms with Gasteiger partial charge in [0.25, 0.3) is 0 Å². The monoisotopic (exact) mass is 1520 g/mol. The Labute approximate surface area is 529 Å². The van der Waals surface area contributed by atoms with Crippen molar-refractivity contribution in [2.45, 2.75) is 185 Å².